The number of hydrogen-bond donors (Lipinski definition) is 4. The monoisotopic (exact) mass is 422 g/mol. The fourth-order valence-electron chi connectivity index (χ4n) is 2.86. The van der Waals surface area contributed by atoms with Gasteiger partial charge in [0.1, 0.15) is 11.4 Å². The second kappa shape index (κ2) is 6.70. The molecular formula is C16H10N2O8S2. The molecule has 1 aliphatic rings. The average molecular weight is 422 g/mol. The van der Waals surface area contributed by atoms with Crippen molar-refractivity contribution in [2.45, 2.75) is 9.79 Å². The highest BCUT2D eigenvalue weighted by Gasteiger charge is 2.30. The molecule has 0 saturated heterocycles. The number of nitrogens with one attached hydrogen (secondary N) is 1. The van der Waals surface area contributed by atoms with Gasteiger partial charge in [-0.1, -0.05) is 5.04 Å². The number of aromatic hydroxyl groups is 1. The van der Waals surface area contributed by atoms with Crippen molar-refractivity contribution in [3.8, 4) is 5.75 Å². The quantitative estimate of drug-likeness (QED) is 0.210. The minimum absolute atomic E-state index is 0.0211. The molecule has 12 heteroatoms. The number of hydrogen-bond acceptors (Lipinski definition) is 9. The summed E-state index contributed by atoms with van der Waals surface area (Å²) in [5.74, 6) is -0.810. The third kappa shape index (κ3) is 3.07. The van der Waals surface area contributed by atoms with Crippen molar-refractivity contribution in [2.24, 2.45) is 4.99 Å². The van der Waals surface area contributed by atoms with Crippen LogP contribution >= 0.6 is 12.0 Å². The minimum Gasteiger partial charge on any atom is -0.505 e. The molecule has 144 valence electrons. The van der Waals surface area contributed by atoms with Crippen LogP contribution in [0.15, 0.2) is 51.2 Å². The van der Waals surface area contributed by atoms with Crippen LogP contribution in [0.25, 0.3) is 10.9 Å². The molecule has 0 bridgehead atoms. The summed E-state index contributed by atoms with van der Waals surface area (Å²) < 4.78 is 36.1. The maximum absolute atomic E-state index is 12.7. The van der Waals surface area contributed by atoms with Crippen molar-refractivity contribution in [1.82, 2.24) is 4.98 Å². The molecular weight excluding hydrogens is 412 g/mol. The van der Waals surface area contributed by atoms with Crippen molar-refractivity contribution in [1.29, 1.82) is 0 Å². The molecule has 1 aromatic heterocycles. The molecule has 4 rings (SSSR count). The SMILES string of the molecule is O=C1C(c2[nH]c3ccc(S(=O)(=O)O)cc3c2O)=Nc2cc(SOOO)ccc21. The van der Waals surface area contributed by atoms with Crippen LogP contribution in [0.3, 0.4) is 0 Å². The van der Waals surface area contributed by atoms with Gasteiger partial charge in [-0.3, -0.25) is 9.35 Å². The highest BCUT2D eigenvalue weighted by molar-refractivity contribution is 7.94. The Kier molecular flexibility index (Phi) is 4.45. The zero-order chi connectivity index (χ0) is 20.1. The van der Waals surface area contributed by atoms with E-state index in [2.05, 4.69) is 19.3 Å². The van der Waals surface area contributed by atoms with Gasteiger partial charge in [0.25, 0.3) is 10.1 Å². The fraction of sp³-hybridized carbons (Fsp3) is 0. The van der Waals surface area contributed by atoms with Crippen LogP contribution in [0.4, 0.5) is 5.69 Å². The highest BCUT2D eigenvalue weighted by Crippen LogP contribution is 2.37. The number of fused-ring (bicyclic) bond motifs is 2. The number of nitrogens with zero attached hydrogens (tertiary/aromatic N) is 1. The number of carbonyl (C=O) groups excluding carboxylic acids is 1. The molecule has 0 atom stereocenters. The Bertz CT molecular complexity index is 1260. The lowest BCUT2D eigenvalue weighted by molar-refractivity contribution is -0.432. The lowest BCUT2D eigenvalue weighted by atomic mass is 10.1. The summed E-state index contributed by atoms with van der Waals surface area (Å²) in [4.78, 5) is 19.9. The zero-order valence-corrected chi connectivity index (χ0v) is 15.2. The molecule has 2 aromatic carbocycles. The smallest absolute Gasteiger partial charge is 0.294 e. The molecule has 2 heterocycles. The van der Waals surface area contributed by atoms with Gasteiger partial charge in [-0.15, -0.1) is 4.33 Å². The Labute approximate surface area is 161 Å². The van der Waals surface area contributed by atoms with Crippen molar-refractivity contribution in [3.63, 3.8) is 0 Å². The van der Waals surface area contributed by atoms with Crippen molar-refractivity contribution < 1.29 is 37.5 Å². The summed E-state index contributed by atoms with van der Waals surface area (Å²) >= 11 is 0.705. The van der Waals surface area contributed by atoms with E-state index >= 15 is 0 Å². The van der Waals surface area contributed by atoms with Gasteiger partial charge in [-0.05, 0) is 36.4 Å². The number of Topliss-reactive ketones (excluding diaryl/α,β-unsaturated/α-hetero) is 1. The molecule has 4 N–H and O–H groups in total. The first kappa shape index (κ1) is 18.6. The van der Waals surface area contributed by atoms with Gasteiger partial charge in [0.2, 0.25) is 5.78 Å². The number of aromatic amines is 1. The molecule has 3 aromatic rings. The van der Waals surface area contributed by atoms with E-state index in [0.717, 1.165) is 12.1 Å². The molecule has 0 aliphatic carbocycles. The standard InChI is InChI=1S/C16H10N2O8S2/c19-15-9-3-1-7(27-26-25-21)5-12(9)18-13(15)14-16(20)10-6-8(28(22,23)24)2-4-11(10)17-14/h1-6,17,20-21H,(H,22,23,24). The van der Waals surface area contributed by atoms with Crippen LogP contribution in [-0.4, -0.2) is 39.8 Å². The highest BCUT2D eigenvalue weighted by atomic mass is 32.2. The van der Waals surface area contributed by atoms with Gasteiger partial charge in [-0.2, -0.15) is 8.42 Å². The van der Waals surface area contributed by atoms with Crippen LogP contribution < -0.4 is 0 Å². The lowest BCUT2D eigenvalue weighted by Gasteiger charge is -1.99. The number of carbonyl (C=O) groups is 1. The van der Waals surface area contributed by atoms with Gasteiger partial charge < -0.3 is 10.1 Å². The van der Waals surface area contributed by atoms with Gasteiger partial charge >= 0.3 is 0 Å². The summed E-state index contributed by atoms with van der Waals surface area (Å²) in [6.07, 6.45) is 0. The summed E-state index contributed by atoms with van der Waals surface area (Å²) in [6.45, 7) is 0. The van der Waals surface area contributed by atoms with Gasteiger partial charge in [0.05, 0.1) is 28.2 Å². The van der Waals surface area contributed by atoms with E-state index in [1.807, 2.05) is 0 Å². The molecule has 10 nitrogen and oxygen atoms in total. The van der Waals surface area contributed by atoms with Crippen LogP contribution in [0, 0.1) is 0 Å². The lowest BCUT2D eigenvalue weighted by Crippen LogP contribution is -2.11. The second-order valence-corrected chi connectivity index (χ2v) is 7.92. The molecule has 0 fully saturated rings. The maximum Gasteiger partial charge on any atom is 0.294 e. The molecule has 1 aliphatic heterocycles. The molecule has 0 saturated carbocycles. The number of H-pyrrole nitrogens is 1. The van der Waals surface area contributed by atoms with Crippen LogP contribution in [0.5, 0.6) is 5.75 Å². The summed E-state index contributed by atoms with van der Waals surface area (Å²) in [5, 5.41) is 22.3. The summed E-state index contributed by atoms with van der Waals surface area (Å²) in [5.41, 5.74) is 0.937. The van der Waals surface area contributed by atoms with Gasteiger partial charge in [0, 0.05) is 15.8 Å². The Hall–Kier alpha value is -2.74. The average Bonchev–Trinajstić information content (AvgIpc) is 3.16. The third-order valence-corrected chi connectivity index (χ3v) is 5.52. The van der Waals surface area contributed by atoms with Gasteiger partial charge in [-0.25, -0.2) is 10.2 Å². The normalized spacial score (nSPS) is 13.8. The topological polar surface area (TPSA) is 159 Å². The van der Waals surface area contributed by atoms with E-state index in [0.29, 0.717) is 33.7 Å². The summed E-state index contributed by atoms with van der Waals surface area (Å²) in [7, 11) is -4.45. The minimum atomic E-state index is -4.45. The van der Waals surface area contributed by atoms with Crippen LogP contribution in [0.2, 0.25) is 0 Å². The Balaban J connectivity index is 1.79. The molecule has 0 radical (unpaired) electrons. The van der Waals surface area contributed by atoms with Gasteiger partial charge in [0.15, 0.2) is 5.75 Å². The van der Waals surface area contributed by atoms with Crippen molar-refractivity contribution >= 4 is 50.2 Å². The molecule has 0 spiro atoms. The van der Waals surface area contributed by atoms with E-state index < -0.39 is 20.8 Å². The van der Waals surface area contributed by atoms with E-state index in [1.54, 1.807) is 6.07 Å². The first-order chi connectivity index (χ1) is 13.3. The predicted molar refractivity (Wildman–Crippen MR) is 97.4 cm³/mol. The number of benzene rings is 2. The number of aliphatic imine (C=N–C) groups is 1. The van der Waals surface area contributed by atoms with E-state index in [4.69, 9.17) is 5.26 Å². The van der Waals surface area contributed by atoms with E-state index in [9.17, 15) is 22.9 Å². The number of ketones is 1. The van der Waals surface area contributed by atoms with Crippen molar-refractivity contribution in [2.75, 3.05) is 0 Å². The first-order valence-electron chi connectivity index (χ1n) is 7.54. The Morgan fingerprint density at radius 1 is 1.14 bits per heavy atom. The second-order valence-electron chi connectivity index (χ2n) is 5.73. The number of rotatable bonds is 5. The zero-order valence-electron chi connectivity index (χ0n) is 13.6. The first-order valence-corrected chi connectivity index (χ1v) is 9.72. The van der Waals surface area contributed by atoms with E-state index in [-0.39, 0.29) is 22.5 Å². The molecule has 0 unspecified atom stereocenters. The predicted octanol–water partition coefficient (Wildman–Crippen LogP) is 2.87. The summed E-state index contributed by atoms with van der Waals surface area (Å²) in [6, 6.07) is 8.21. The van der Waals surface area contributed by atoms with Crippen LogP contribution in [0.1, 0.15) is 16.1 Å². The fourth-order valence-corrected chi connectivity index (χ4v) is 3.76. The number of aromatic nitrogens is 1. The molecule has 0 amide bonds. The van der Waals surface area contributed by atoms with Crippen molar-refractivity contribution in [3.05, 3.63) is 47.7 Å². The maximum atomic E-state index is 12.7. The Morgan fingerprint density at radius 3 is 2.64 bits per heavy atom. The largest absolute Gasteiger partial charge is 0.505 e. The third-order valence-electron chi connectivity index (χ3n) is 4.10. The van der Waals surface area contributed by atoms with E-state index in [1.165, 1.54) is 18.2 Å². The van der Waals surface area contributed by atoms with Crippen LogP contribution in [-0.2, 0) is 19.5 Å². The molecule has 28 heavy (non-hydrogen) atoms. The Morgan fingerprint density at radius 2 is 1.93 bits per heavy atom.